The number of benzene rings is 3. The highest BCUT2D eigenvalue weighted by Gasteiger charge is 2.27. The van der Waals surface area contributed by atoms with Crippen LogP contribution in [0.3, 0.4) is 0 Å². The van der Waals surface area contributed by atoms with Gasteiger partial charge in [0.15, 0.2) is 0 Å². The van der Waals surface area contributed by atoms with Crippen molar-refractivity contribution in [1.29, 1.82) is 0 Å². The maximum atomic E-state index is 13.5. The molecule has 0 aliphatic heterocycles. The van der Waals surface area contributed by atoms with Gasteiger partial charge in [-0.1, -0.05) is 61.9 Å². The number of amides is 1. The lowest BCUT2D eigenvalue weighted by Crippen LogP contribution is -2.41. The van der Waals surface area contributed by atoms with Gasteiger partial charge in [-0.3, -0.25) is 9.10 Å². The number of nitrogens with one attached hydrogen (secondary N) is 1. The van der Waals surface area contributed by atoms with Crippen LogP contribution in [-0.4, -0.2) is 34.0 Å². The third-order valence-electron chi connectivity index (χ3n) is 5.96. The zero-order valence-corrected chi connectivity index (χ0v) is 22.3. The number of sulfonamides is 1. The van der Waals surface area contributed by atoms with E-state index in [4.69, 9.17) is 4.74 Å². The molecule has 0 unspecified atom stereocenters. The van der Waals surface area contributed by atoms with Gasteiger partial charge in [0.1, 0.15) is 12.3 Å². The molecule has 0 aliphatic rings. The number of anilines is 1. The second-order valence-corrected chi connectivity index (χ2v) is 10.9. The van der Waals surface area contributed by atoms with Gasteiger partial charge in [-0.05, 0) is 74.1 Å². The van der Waals surface area contributed by atoms with Crippen LogP contribution < -0.4 is 14.4 Å². The standard InChI is InChI=1S/C29H36N2O4S/c1-5-35-28-11-7-6-9-25(28)10-8-20-30-29(32)21-31(26-16-14-24(15-17-26)22(2)3)36(33,34)27-18-12-23(4)13-19-27/h6-7,9,11-19,22H,5,8,10,20-21H2,1-4H3,(H,30,32). The Labute approximate surface area is 215 Å². The van der Waals surface area contributed by atoms with E-state index in [9.17, 15) is 13.2 Å². The van der Waals surface area contributed by atoms with Crippen LogP contribution in [0, 0.1) is 6.92 Å². The molecule has 0 saturated heterocycles. The smallest absolute Gasteiger partial charge is 0.264 e. The number of hydrogen-bond donors (Lipinski definition) is 1. The molecule has 0 bridgehead atoms. The molecule has 6 nitrogen and oxygen atoms in total. The minimum absolute atomic E-state index is 0.154. The molecule has 3 aromatic rings. The first-order valence-electron chi connectivity index (χ1n) is 12.4. The lowest BCUT2D eigenvalue weighted by atomic mass is 10.0. The van der Waals surface area contributed by atoms with E-state index in [1.807, 2.05) is 50.2 Å². The molecule has 1 amide bonds. The van der Waals surface area contributed by atoms with Gasteiger partial charge < -0.3 is 10.1 Å². The minimum atomic E-state index is -3.93. The second-order valence-electron chi connectivity index (χ2n) is 9.07. The zero-order valence-electron chi connectivity index (χ0n) is 21.5. The monoisotopic (exact) mass is 508 g/mol. The normalized spacial score (nSPS) is 11.4. The topological polar surface area (TPSA) is 75.7 Å². The first-order valence-corrected chi connectivity index (χ1v) is 13.8. The predicted octanol–water partition coefficient (Wildman–Crippen LogP) is 5.46. The summed E-state index contributed by atoms with van der Waals surface area (Å²) in [5.41, 5.74) is 3.61. The van der Waals surface area contributed by atoms with Crippen molar-refractivity contribution in [3.63, 3.8) is 0 Å². The molecule has 0 aromatic heterocycles. The fraction of sp³-hybridized carbons (Fsp3) is 0.345. The first kappa shape index (κ1) is 27.3. The van der Waals surface area contributed by atoms with Crippen molar-refractivity contribution in [2.24, 2.45) is 0 Å². The Bertz CT molecular complexity index is 1240. The third kappa shape index (κ3) is 7.10. The van der Waals surface area contributed by atoms with Crippen molar-refractivity contribution in [2.75, 3.05) is 24.0 Å². The molecule has 36 heavy (non-hydrogen) atoms. The summed E-state index contributed by atoms with van der Waals surface area (Å²) in [6.45, 7) is 8.74. The van der Waals surface area contributed by atoms with E-state index in [1.54, 1.807) is 36.4 Å². The van der Waals surface area contributed by atoms with Crippen LogP contribution in [0.25, 0.3) is 0 Å². The number of carbonyl (C=O) groups is 1. The van der Waals surface area contributed by atoms with E-state index >= 15 is 0 Å². The molecular weight excluding hydrogens is 472 g/mol. The highest BCUT2D eigenvalue weighted by Crippen LogP contribution is 2.26. The van der Waals surface area contributed by atoms with Gasteiger partial charge in [0.2, 0.25) is 5.91 Å². The Kier molecular flexibility index (Phi) is 9.53. The van der Waals surface area contributed by atoms with Crippen molar-refractivity contribution < 1.29 is 17.9 Å². The van der Waals surface area contributed by atoms with Crippen LogP contribution in [0.5, 0.6) is 5.75 Å². The van der Waals surface area contributed by atoms with Crippen molar-refractivity contribution in [3.8, 4) is 5.75 Å². The lowest BCUT2D eigenvalue weighted by molar-refractivity contribution is -0.119. The summed E-state index contributed by atoms with van der Waals surface area (Å²) in [5.74, 6) is 0.820. The van der Waals surface area contributed by atoms with Crippen LogP contribution in [0.4, 0.5) is 5.69 Å². The van der Waals surface area contributed by atoms with E-state index < -0.39 is 10.0 Å². The summed E-state index contributed by atoms with van der Waals surface area (Å²) >= 11 is 0. The van der Waals surface area contributed by atoms with Crippen molar-refractivity contribution in [3.05, 3.63) is 89.5 Å². The van der Waals surface area contributed by atoms with Crippen LogP contribution in [0.15, 0.2) is 77.7 Å². The third-order valence-corrected chi connectivity index (χ3v) is 7.75. The number of ether oxygens (including phenoxy) is 1. The van der Waals surface area contributed by atoms with Crippen molar-refractivity contribution >= 4 is 21.6 Å². The van der Waals surface area contributed by atoms with Crippen LogP contribution >= 0.6 is 0 Å². The Morgan fingerprint density at radius 2 is 1.64 bits per heavy atom. The van der Waals surface area contributed by atoms with Gasteiger partial charge >= 0.3 is 0 Å². The van der Waals surface area contributed by atoms with Crippen molar-refractivity contribution in [2.45, 2.75) is 51.3 Å². The molecule has 3 rings (SSSR count). The summed E-state index contributed by atoms with van der Waals surface area (Å²) in [4.78, 5) is 13.0. The molecule has 0 saturated carbocycles. The van der Waals surface area contributed by atoms with Gasteiger partial charge in [-0.15, -0.1) is 0 Å². The Hall–Kier alpha value is -3.32. The number of rotatable bonds is 12. The van der Waals surface area contributed by atoms with Crippen LogP contribution in [0.1, 0.15) is 49.8 Å². The molecule has 0 spiro atoms. The van der Waals surface area contributed by atoms with E-state index in [0.29, 0.717) is 31.2 Å². The van der Waals surface area contributed by atoms with Gasteiger partial charge in [0.25, 0.3) is 10.0 Å². The Morgan fingerprint density at radius 3 is 2.28 bits per heavy atom. The number of nitrogens with zero attached hydrogens (tertiary/aromatic N) is 1. The molecule has 1 N–H and O–H groups in total. The SMILES string of the molecule is CCOc1ccccc1CCCNC(=O)CN(c1ccc(C(C)C)cc1)S(=O)(=O)c1ccc(C)cc1. The van der Waals surface area contributed by atoms with E-state index in [0.717, 1.165) is 28.9 Å². The molecular formula is C29H36N2O4S. The lowest BCUT2D eigenvalue weighted by Gasteiger charge is -2.24. The highest BCUT2D eigenvalue weighted by atomic mass is 32.2. The minimum Gasteiger partial charge on any atom is -0.494 e. The summed E-state index contributed by atoms with van der Waals surface area (Å²) in [6.07, 6.45) is 1.46. The van der Waals surface area contributed by atoms with Crippen molar-refractivity contribution in [1.82, 2.24) is 5.32 Å². The molecule has 0 heterocycles. The van der Waals surface area contributed by atoms with Gasteiger partial charge in [0, 0.05) is 6.54 Å². The fourth-order valence-corrected chi connectivity index (χ4v) is 5.30. The summed E-state index contributed by atoms with van der Waals surface area (Å²) in [6, 6.07) is 21.9. The molecule has 192 valence electrons. The average Bonchev–Trinajstić information content (AvgIpc) is 2.86. The number of para-hydroxylation sites is 1. The molecule has 0 radical (unpaired) electrons. The Morgan fingerprint density at radius 1 is 0.972 bits per heavy atom. The number of aryl methyl sites for hydroxylation is 2. The van der Waals surface area contributed by atoms with Gasteiger partial charge in [0.05, 0.1) is 17.2 Å². The quantitative estimate of drug-likeness (QED) is 0.330. The average molecular weight is 509 g/mol. The van der Waals surface area contributed by atoms with Crippen LogP contribution in [0.2, 0.25) is 0 Å². The zero-order chi connectivity index (χ0) is 26.1. The van der Waals surface area contributed by atoms with Gasteiger partial charge in [-0.2, -0.15) is 0 Å². The second kappa shape index (κ2) is 12.6. The molecule has 0 atom stereocenters. The predicted molar refractivity (Wildman–Crippen MR) is 145 cm³/mol. The van der Waals surface area contributed by atoms with E-state index in [2.05, 4.69) is 19.2 Å². The van der Waals surface area contributed by atoms with Crippen LogP contribution in [-0.2, 0) is 21.2 Å². The highest BCUT2D eigenvalue weighted by molar-refractivity contribution is 7.92. The van der Waals surface area contributed by atoms with E-state index in [-0.39, 0.29) is 17.3 Å². The molecule has 3 aromatic carbocycles. The molecule has 0 aliphatic carbocycles. The Balaban J connectivity index is 1.72. The summed E-state index contributed by atoms with van der Waals surface area (Å²) < 4.78 is 33.9. The fourth-order valence-electron chi connectivity index (χ4n) is 3.88. The summed E-state index contributed by atoms with van der Waals surface area (Å²) in [5, 5.41) is 2.88. The number of hydrogen-bond acceptors (Lipinski definition) is 4. The maximum absolute atomic E-state index is 13.5. The van der Waals surface area contributed by atoms with E-state index in [1.165, 1.54) is 4.31 Å². The molecule has 7 heteroatoms. The summed E-state index contributed by atoms with van der Waals surface area (Å²) in [7, 11) is -3.93. The maximum Gasteiger partial charge on any atom is 0.264 e. The number of carbonyl (C=O) groups excluding carboxylic acids is 1. The first-order chi connectivity index (χ1) is 17.2. The largest absolute Gasteiger partial charge is 0.494 e. The van der Waals surface area contributed by atoms with Gasteiger partial charge in [-0.25, -0.2) is 8.42 Å². The molecule has 0 fully saturated rings.